The van der Waals surface area contributed by atoms with Crippen molar-refractivity contribution in [1.82, 2.24) is 14.9 Å². The first-order valence-electron chi connectivity index (χ1n) is 9.67. The molecule has 12 heteroatoms. The Balaban J connectivity index is 1.93. The van der Waals surface area contributed by atoms with Gasteiger partial charge in [0.25, 0.3) is 5.91 Å². The second kappa shape index (κ2) is 8.38. The van der Waals surface area contributed by atoms with Crippen molar-refractivity contribution < 1.29 is 31.5 Å². The molecule has 33 heavy (non-hydrogen) atoms. The van der Waals surface area contributed by atoms with E-state index in [0.29, 0.717) is 6.07 Å². The van der Waals surface area contributed by atoms with E-state index >= 15 is 0 Å². The van der Waals surface area contributed by atoms with Gasteiger partial charge in [0.05, 0.1) is 11.1 Å². The molecular weight excluding hydrogens is 473 g/mol. The quantitative estimate of drug-likeness (QED) is 0.445. The number of ether oxygens (including phenoxy) is 1. The zero-order chi connectivity index (χ0) is 24.0. The predicted molar refractivity (Wildman–Crippen MR) is 109 cm³/mol. The number of benzene rings is 1. The molecule has 1 saturated heterocycles. The van der Waals surface area contributed by atoms with Gasteiger partial charge in [0.2, 0.25) is 5.43 Å². The van der Waals surface area contributed by atoms with Crippen LogP contribution in [0.1, 0.15) is 23.2 Å². The minimum absolute atomic E-state index is 0.161. The minimum Gasteiger partial charge on any atom is -0.381 e. The molecule has 1 N–H and O–H groups in total. The Morgan fingerprint density at radius 1 is 1.18 bits per heavy atom. The van der Waals surface area contributed by atoms with Crippen LogP contribution in [0.5, 0.6) is 0 Å². The van der Waals surface area contributed by atoms with E-state index in [2.05, 4.69) is 4.98 Å². The summed E-state index contributed by atoms with van der Waals surface area (Å²) in [6, 6.07) is 5.11. The first kappa shape index (κ1) is 23.1. The van der Waals surface area contributed by atoms with Crippen molar-refractivity contribution in [2.45, 2.75) is 24.6 Å². The van der Waals surface area contributed by atoms with E-state index in [9.17, 15) is 31.5 Å². The molecular formula is C21H15ClF5N3O3. The summed E-state index contributed by atoms with van der Waals surface area (Å²) in [5.41, 5.74) is -4.95. The Labute approximate surface area is 187 Å². The number of hydrogen-bond acceptors (Lipinski definition) is 4. The van der Waals surface area contributed by atoms with Gasteiger partial charge in [0.15, 0.2) is 0 Å². The Kier molecular flexibility index (Phi) is 5.87. The number of amides is 1. The molecule has 1 aliphatic heterocycles. The minimum atomic E-state index is -4.83. The second-order valence-corrected chi connectivity index (χ2v) is 7.81. The molecule has 0 saturated carbocycles. The number of nitrogens with one attached hydrogen (secondary N) is 1. The topological polar surface area (TPSA) is 73.2 Å². The first-order valence-corrected chi connectivity index (χ1v) is 10.1. The van der Waals surface area contributed by atoms with Crippen LogP contribution in [-0.2, 0) is 4.74 Å². The number of hydrogen-bond donors (Lipinski definition) is 1. The average Bonchev–Trinajstić information content (AvgIpc) is 2.75. The van der Waals surface area contributed by atoms with Crippen LogP contribution in [0.4, 0.5) is 22.0 Å². The number of rotatable bonds is 3. The molecule has 1 fully saturated rings. The Morgan fingerprint density at radius 2 is 1.88 bits per heavy atom. The van der Waals surface area contributed by atoms with Crippen LogP contribution in [0, 0.1) is 11.6 Å². The van der Waals surface area contributed by atoms with E-state index in [1.54, 1.807) is 0 Å². The van der Waals surface area contributed by atoms with E-state index < -0.39 is 58.2 Å². The number of pyridine rings is 2. The monoisotopic (exact) mass is 487 g/mol. The molecule has 0 unspecified atom stereocenters. The summed E-state index contributed by atoms with van der Waals surface area (Å²) in [7, 11) is 0. The van der Waals surface area contributed by atoms with Crippen LogP contribution in [0.15, 0.2) is 41.3 Å². The highest BCUT2D eigenvalue weighted by atomic mass is 35.5. The van der Waals surface area contributed by atoms with Crippen LogP contribution >= 0.6 is 11.6 Å². The molecule has 3 heterocycles. The van der Waals surface area contributed by atoms with Crippen LogP contribution in [0.25, 0.3) is 16.7 Å². The summed E-state index contributed by atoms with van der Waals surface area (Å²) < 4.78 is 75.5. The summed E-state index contributed by atoms with van der Waals surface area (Å²) in [4.78, 5) is 30.1. The van der Waals surface area contributed by atoms with Crippen molar-refractivity contribution in [2.75, 3.05) is 13.2 Å². The highest BCUT2D eigenvalue weighted by Gasteiger charge is 2.56. The van der Waals surface area contributed by atoms with Crippen molar-refractivity contribution in [3.63, 3.8) is 0 Å². The molecule has 6 nitrogen and oxygen atoms in total. The Morgan fingerprint density at radius 3 is 2.52 bits per heavy atom. The number of aromatic nitrogens is 2. The summed E-state index contributed by atoms with van der Waals surface area (Å²) in [6.45, 7) is -0.500. The van der Waals surface area contributed by atoms with Crippen molar-refractivity contribution in [3.8, 4) is 5.69 Å². The van der Waals surface area contributed by atoms with E-state index in [4.69, 9.17) is 16.3 Å². The van der Waals surface area contributed by atoms with Gasteiger partial charge in [-0.05, 0) is 24.3 Å². The summed E-state index contributed by atoms with van der Waals surface area (Å²) in [5, 5.41) is 1.06. The van der Waals surface area contributed by atoms with Gasteiger partial charge in [0.1, 0.15) is 33.5 Å². The normalized spacial score (nSPS) is 16.1. The van der Waals surface area contributed by atoms with Gasteiger partial charge in [-0.15, -0.1) is 0 Å². The number of carbonyl (C=O) groups is 1. The fraction of sp³-hybridized carbons (Fsp3) is 0.286. The molecule has 0 radical (unpaired) electrons. The smallest absolute Gasteiger partial charge is 0.381 e. The van der Waals surface area contributed by atoms with Crippen molar-refractivity contribution in [3.05, 3.63) is 69.1 Å². The number of fused-ring (bicyclic) bond motifs is 1. The van der Waals surface area contributed by atoms with Crippen LogP contribution in [-0.4, -0.2) is 40.4 Å². The van der Waals surface area contributed by atoms with Crippen LogP contribution in [0.2, 0.25) is 5.15 Å². The van der Waals surface area contributed by atoms with Crippen molar-refractivity contribution in [1.29, 1.82) is 0 Å². The molecule has 0 bridgehead atoms. The van der Waals surface area contributed by atoms with Crippen molar-refractivity contribution in [2.24, 2.45) is 0 Å². The molecule has 3 aromatic rings. The summed E-state index contributed by atoms with van der Waals surface area (Å²) in [5.74, 6) is -3.36. The van der Waals surface area contributed by atoms with Gasteiger partial charge >= 0.3 is 6.18 Å². The van der Waals surface area contributed by atoms with Crippen LogP contribution in [0.3, 0.4) is 0 Å². The molecule has 1 aromatic carbocycles. The van der Waals surface area contributed by atoms with Crippen LogP contribution < -0.4 is 10.7 Å². The van der Waals surface area contributed by atoms with E-state index in [-0.39, 0.29) is 29.9 Å². The molecule has 1 amide bonds. The fourth-order valence-electron chi connectivity index (χ4n) is 3.74. The third-order valence-corrected chi connectivity index (χ3v) is 5.85. The van der Waals surface area contributed by atoms with Gasteiger partial charge in [0, 0.05) is 38.3 Å². The fourth-order valence-corrected chi connectivity index (χ4v) is 4.09. The van der Waals surface area contributed by atoms with Gasteiger partial charge in [-0.1, -0.05) is 11.6 Å². The molecule has 0 atom stereocenters. The maximum absolute atomic E-state index is 14.6. The lowest BCUT2D eigenvalue weighted by Gasteiger charge is -2.39. The zero-order valence-electron chi connectivity index (χ0n) is 16.7. The maximum atomic E-state index is 14.6. The van der Waals surface area contributed by atoms with Crippen molar-refractivity contribution >= 4 is 28.5 Å². The number of alkyl halides is 3. The maximum Gasteiger partial charge on any atom is 0.411 e. The lowest BCUT2D eigenvalue weighted by atomic mass is 9.88. The summed E-state index contributed by atoms with van der Waals surface area (Å²) in [6.07, 6.45) is -4.68. The molecule has 2 aromatic heterocycles. The molecule has 1 aliphatic rings. The van der Waals surface area contributed by atoms with Gasteiger partial charge in [-0.3, -0.25) is 14.2 Å². The Hall–Kier alpha value is -3.05. The van der Waals surface area contributed by atoms with Gasteiger partial charge in [-0.2, -0.15) is 13.2 Å². The zero-order valence-corrected chi connectivity index (χ0v) is 17.4. The lowest BCUT2D eigenvalue weighted by molar-refractivity contribution is -0.212. The largest absolute Gasteiger partial charge is 0.411 e. The van der Waals surface area contributed by atoms with E-state index in [1.165, 1.54) is 18.3 Å². The standard InChI is InChI=1S/C21H15ClF5N3O3/c22-17-15(19(32)29-20(21(25,26)27)5-8-33-9-6-20)16(31)12-2-1-7-28-18(12)30(17)14-4-3-11(23)10-13(14)24/h1-4,7,10H,5-6,8-9H2,(H,29,32). The lowest BCUT2D eigenvalue weighted by Crippen LogP contribution is -2.61. The predicted octanol–water partition coefficient (Wildman–Crippen LogP) is 4.16. The molecule has 174 valence electrons. The molecule has 4 rings (SSSR count). The SMILES string of the molecule is O=C(NC1(C(F)(F)F)CCOCC1)c1c(Cl)n(-c2ccc(F)cc2F)c2ncccc2c1=O. The number of carbonyl (C=O) groups excluding carboxylic acids is 1. The number of nitrogens with zero attached hydrogens (tertiary/aromatic N) is 2. The Bertz CT molecular complexity index is 1300. The average molecular weight is 488 g/mol. The highest BCUT2D eigenvalue weighted by molar-refractivity contribution is 6.33. The van der Waals surface area contributed by atoms with E-state index in [0.717, 1.165) is 16.7 Å². The molecule has 0 spiro atoms. The number of halogens is 6. The first-order chi connectivity index (χ1) is 15.6. The third-order valence-electron chi connectivity index (χ3n) is 5.49. The second-order valence-electron chi connectivity index (χ2n) is 7.45. The molecule has 0 aliphatic carbocycles. The van der Waals surface area contributed by atoms with E-state index in [1.807, 2.05) is 5.32 Å². The van der Waals surface area contributed by atoms with Gasteiger partial charge in [-0.25, -0.2) is 13.8 Å². The van der Waals surface area contributed by atoms with Gasteiger partial charge < -0.3 is 10.1 Å². The summed E-state index contributed by atoms with van der Waals surface area (Å²) >= 11 is 6.31. The third kappa shape index (κ3) is 3.95. The highest BCUT2D eigenvalue weighted by Crippen LogP contribution is 2.38.